The van der Waals surface area contributed by atoms with E-state index in [9.17, 15) is 0 Å². The molecule has 0 saturated carbocycles. The van der Waals surface area contributed by atoms with Crippen LogP contribution < -0.4 is 10.6 Å². The number of hydrogen-bond acceptors (Lipinski definition) is 3. The van der Waals surface area contributed by atoms with Crippen molar-refractivity contribution in [2.45, 2.75) is 45.4 Å². The normalized spacial score (nSPS) is 14.9. The van der Waals surface area contributed by atoms with Crippen molar-refractivity contribution >= 4 is 17.7 Å². The van der Waals surface area contributed by atoms with Crippen molar-refractivity contribution < 1.29 is 0 Å². The van der Waals surface area contributed by atoms with Crippen LogP contribution in [0.3, 0.4) is 0 Å². The molecule has 120 valence electrons. The lowest BCUT2D eigenvalue weighted by Crippen LogP contribution is -2.44. The Morgan fingerprint density at radius 1 is 1.38 bits per heavy atom. The lowest BCUT2D eigenvalue weighted by molar-refractivity contribution is 0.635. The zero-order valence-corrected chi connectivity index (χ0v) is 15.1. The van der Waals surface area contributed by atoms with Gasteiger partial charge in [-0.1, -0.05) is 6.92 Å². The van der Waals surface area contributed by atoms with Gasteiger partial charge in [-0.2, -0.15) is 16.9 Å². The highest BCUT2D eigenvalue weighted by atomic mass is 32.2. The maximum Gasteiger partial charge on any atom is 0.191 e. The number of nitrogens with one attached hydrogen (secondary N) is 2. The minimum absolute atomic E-state index is 0.308. The molecule has 0 bridgehead atoms. The number of rotatable bonds is 6. The summed E-state index contributed by atoms with van der Waals surface area (Å²) < 4.78 is 1.95. The quantitative estimate of drug-likeness (QED) is 0.622. The van der Waals surface area contributed by atoms with E-state index in [-0.39, 0.29) is 0 Å². The first-order chi connectivity index (χ1) is 9.88. The van der Waals surface area contributed by atoms with Crippen LogP contribution in [0.25, 0.3) is 0 Å². The van der Waals surface area contributed by atoms with E-state index >= 15 is 0 Å². The van der Waals surface area contributed by atoms with Crippen LogP contribution in [0.5, 0.6) is 0 Å². The third-order valence-electron chi connectivity index (χ3n) is 3.74. The Kier molecular flexibility index (Phi) is 7.08. The third kappa shape index (κ3) is 5.26. The molecule has 1 rings (SSSR count). The number of guanidine groups is 1. The summed E-state index contributed by atoms with van der Waals surface area (Å²) >= 11 is 1.85. The second-order valence-electron chi connectivity index (χ2n) is 5.52. The molecule has 1 aromatic rings. The van der Waals surface area contributed by atoms with E-state index in [2.05, 4.69) is 54.7 Å². The molecule has 0 radical (unpaired) electrons. The molecule has 0 aromatic carbocycles. The Hall–Kier alpha value is -1.17. The molecule has 0 amide bonds. The maximum absolute atomic E-state index is 4.47. The van der Waals surface area contributed by atoms with E-state index in [4.69, 9.17) is 0 Å². The maximum atomic E-state index is 4.47. The van der Waals surface area contributed by atoms with E-state index in [0.717, 1.165) is 24.6 Å². The first kappa shape index (κ1) is 17.9. The van der Waals surface area contributed by atoms with Crippen LogP contribution in [0.1, 0.15) is 30.8 Å². The van der Waals surface area contributed by atoms with Crippen LogP contribution >= 0.6 is 11.8 Å². The second-order valence-corrected chi connectivity index (χ2v) is 6.80. The molecular weight excluding hydrogens is 282 g/mol. The van der Waals surface area contributed by atoms with Gasteiger partial charge >= 0.3 is 0 Å². The number of nitrogens with zero attached hydrogens (tertiary/aromatic N) is 3. The van der Waals surface area contributed by atoms with Crippen LogP contribution in [-0.2, 0) is 13.5 Å². The lowest BCUT2D eigenvalue weighted by Gasteiger charge is -2.19. The molecule has 0 saturated heterocycles. The number of aromatic nitrogens is 2. The van der Waals surface area contributed by atoms with E-state index < -0.39 is 0 Å². The number of hydrogen-bond donors (Lipinski definition) is 2. The summed E-state index contributed by atoms with van der Waals surface area (Å²) in [6.07, 6.45) is 3.07. The zero-order chi connectivity index (χ0) is 16.0. The Morgan fingerprint density at radius 2 is 2.05 bits per heavy atom. The van der Waals surface area contributed by atoms with Gasteiger partial charge in [-0.3, -0.25) is 9.67 Å². The van der Waals surface area contributed by atoms with Crippen molar-refractivity contribution in [2.24, 2.45) is 12.0 Å². The third-order valence-corrected chi connectivity index (χ3v) is 4.71. The number of aliphatic imine (C=N–C) groups is 1. The Labute approximate surface area is 133 Å². The van der Waals surface area contributed by atoms with Gasteiger partial charge in [-0.15, -0.1) is 0 Å². The van der Waals surface area contributed by atoms with Crippen LogP contribution in [0.4, 0.5) is 0 Å². The highest BCUT2D eigenvalue weighted by molar-refractivity contribution is 7.99. The summed E-state index contributed by atoms with van der Waals surface area (Å²) in [5, 5.41) is 11.9. The Bertz CT molecular complexity index is 481. The van der Waals surface area contributed by atoms with Gasteiger partial charge in [0.05, 0.1) is 5.69 Å². The summed E-state index contributed by atoms with van der Waals surface area (Å²) in [6, 6.07) is 0.308. The van der Waals surface area contributed by atoms with Gasteiger partial charge in [0.25, 0.3) is 0 Å². The molecule has 1 aromatic heterocycles. The molecule has 5 nitrogen and oxygen atoms in total. The predicted octanol–water partition coefficient (Wildman–Crippen LogP) is 1.88. The van der Waals surface area contributed by atoms with E-state index in [0.29, 0.717) is 11.3 Å². The van der Waals surface area contributed by atoms with Gasteiger partial charge in [-0.05, 0) is 39.0 Å². The molecule has 0 aliphatic carbocycles. The average molecular weight is 311 g/mol. The fourth-order valence-corrected chi connectivity index (χ4v) is 2.47. The first-order valence-corrected chi connectivity index (χ1v) is 8.66. The molecule has 0 spiro atoms. The average Bonchev–Trinajstić information content (AvgIpc) is 2.69. The van der Waals surface area contributed by atoms with Gasteiger partial charge in [0, 0.05) is 37.6 Å². The summed E-state index contributed by atoms with van der Waals surface area (Å²) in [7, 11) is 3.81. The summed E-state index contributed by atoms with van der Waals surface area (Å²) in [6.45, 7) is 9.49. The molecule has 21 heavy (non-hydrogen) atoms. The summed E-state index contributed by atoms with van der Waals surface area (Å²) in [5.74, 6) is 0.864. The monoisotopic (exact) mass is 311 g/mol. The van der Waals surface area contributed by atoms with Crippen LogP contribution in [0.15, 0.2) is 4.99 Å². The zero-order valence-electron chi connectivity index (χ0n) is 14.3. The fourth-order valence-electron chi connectivity index (χ4n) is 2.22. The molecule has 6 heteroatoms. The minimum Gasteiger partial charge on any atom is -0.355 e. The Balaban J connectivity index is 2.57. The summed E-state index contributed by atoms with van der Waals surface area (Å²) in [5.41, 5.74) is 3.67. The van der Waals surface area contributed by atoms with Gasteiger partial charge in [-0.25, -0.2) is 0 Å². The lowest BCUT2D eigenvalue weighted by atomic mass is 10.1. The topological polar surface area (TPSA) is 54.2 Å². The number of aryl methyl sites for hydroxylation is 2. The highest BCUT2D eigenvalue weighted by Gasteiger charge is 2.14. The second kappa shape index (κ2) is 8.32. The van der Waals surface area contributed by atoms with E-state index in [1.807, 2.05) is 30.5 Å². The van der Waals surface area contributed by atoms with Crippen LogP contribution in [0.2, 0.25) is 0 Å². The molecule has 0 aliphatic heterocycles. The standard InChI is InChI=1S/C15H29N5S/c1-10(8-14-12(3)19-20(6)13(14)4)18-15(16-5)17-9-11(2)21-7/h10-11H,8-9H2,1-7H3,(H2,16,17,18). The molecule has 0 aliphatic rings. The van der Waals surface area contributed by atoms with E-state index in [1.54, 1.807) is 0 Å². The highest BCUT2D eigenvalue weighted by Crippen LogP contribution is 2.14. The molecule has 2 N–H and O–H groups in total. The van der Waals surface area contributed by atoms with Crippen molar-refractivity contribution in [3.8, 4) is 0 Å². The summed E-state index contributed by atoms with van der Waals surface area (Å²) in [4.78, 5) is 4.29. The van der Waals surface area contributed by atoms with Crippen molar-refractivity contribution in [1.29, 1.82) is 0 Å². The number of thioether (sulfide) groups is 1. The Morgan fingerprint density at radius 3 is 2.52 bits per heavy atom. The fraction of sp³-hybridized carbons (Fsp3) is 0.733. The molecule has 2 unspecified atom stereocenters. The minimum atomic E-state index is 0.308. The first-order valence-electron chi connectivity index (χ1n) is 7.38. The van der Waals surface area contributed by atoms with Gasteiger partial charge in [0.15, 0.2) is 5.96 Å². The SMILES string of the molecule is CN=C(NCC(C)SC)NC(C)Cc1c(C)nn(C)c1C. The predicted molar refractivity (Wildman–Crippen MR) is 93.3 cm³/mol. The molecule has 1 heterocycles. The van der Waals surface area contributed by atoms with E-state index in [1.165, 1.54) is 11.3 Å². The van der Waals surface area contributed by atoms with Crippen molar-refractivity contribution in [1.82, 2.24) is 20.4 Å². The van der Waals surface area contributed by atoms with Gasteiger partial charge in [0.1, 0.15) is 0 Å². The van der Waals surface area contributed by atoms with Crippen molar-refractivity contribution in [3.63, 3.8) is 0 Å². The van der Waals surface area contributed by atoms with Crippen LogP contribution in [-0.4, -0.2) is 46.9 Å². The molecule has 0 fully saturated rings. The largest absolute Gasteiger partial charge is 0.355 e. The van der Waals surface area contributed by atoms with Gasteiger partial charge in [0.2, 0.25) is 0 Å². The molecule has 2 atom stereocenters. The smallest absolute Gasteiger partial charge is 0.191 e. The van der Waals surface area contributed by atoms with Crippen LogP contribution in [0, 0.1) is 13.8 Å². The van der Waals surface area contributed by atoms with Crippen molar-refractivity contribution in [3.05, 3.63) is 17.0 Å². The van der Waals surface area contributed by atoms with Crippen molar-refractivity contribution in [2.75, 3.05) is 19.8 Å². The molecular formula is C15H29N5S. The van der Waals surface area contributed by atoms with Gasteiger partial charge < -0.3 is 10.6 Å².